The number of hydrogen-bond donors (Lipinski definition) is 0. The van der Waals surface area contributed by atoms with Gasteiger partial charge in [0.25, 0.3) is 0 Å². The molecular formula is C26H39N3O3. The van der Waals surface area contributed by atoms with E-state index in [0.717, 1.165) is 30.2 Å². The molecule has 1 aromatic carbocycles. The minimum absolute atomic E-state index is 0.631. The van der Waals surface area contributed by atoms with Gasteiger partial charge in [-0.1, -0.05) is 43.0 Å². The summed E-state index contributed by atoms with van der Waals surface area (Å²) in [4.78, 5) is 4.68. The topological polar surface area (TPSA) is 57.9 Å². The molecule has 0 unspecified atom stereocenters. The molecule has 0 amide bonds. The van der Waals surface area contributed by atoms with Gasteiger partial charge >= 0.3 is 0 Å². The first-order valence-electron chi connectivity index (χ1n) is 11.6. The van der Waals surface area contributed by atoms with E-state index in [1.165, 1.54) is 55.9 Å². The maximum Gasteiger partial charge on any atom is 0.212 e. The van der Waals surface area contributed by atoms with Gasteiger partial charge in [-0.2, -0.15) is 5.10 Å². The fraction of sp³-hybridized carbons (Fsp3) is 0.538. The van der Waals surface area contributed by atoms with Crippen molar-refractivity contribution in [2.24, 2.45) is 12.2 Å². The number of rotatable bonds is 15. The molecule has 0 aliphatic heterocycles. The van der Waals surface area contributed by atoms with Gasteiger partial charge in [-0.3, -0.25) is 0 Å². The van der Waals surface area contributed by atoms with Crippen LogP contribution in [0, 0.1) is 13.8 Å². The van der Waals surface area contributed by atoms with Crippen LogP contribution in [0.15, 0.2) is 35.5 Å². The Morgan fingerprint density at radius 2 is 1.66 bits per heavy atom. The highest BCUT2D eigenvalue weighted by atomic mass is 16.6. The fourth-order valence-electron chi connectivity index (χ4n) is 3.74. The molecule has 32 heavy (non-hydrogen) atoms. The number of allylic oxidation sites excluding steroid dienone is 1. The summed E-state index contributed by atoms with van der Waals surface area (Å²) in [6.07, 6.45) is 14.0. The lowest BCUT2D eigenvalue weighted by Gasteiger charge is -2.13. The van der Waals surface area contributed by atoms with Gasteiger partial charge in [-0.05, 0) is 68.9 Å². The van der Waals surface area contributed by atoms with Crippen molar-refractivity contribution in [3.8, 4) is 11.6 Å². The molecular weight excluding hydrogens is 402 g/mol. The van der Waals surface area contributed by atoms with Crippen molar-refractivity contribution in [1.82, 2.24) is 9.78 Å². The first kappa shape index (κ1) is 25.5. The standard InChI is InChI=1S/C26H39N3O3/c1-6-7-15-31-24-17-21(2)25(22(3)18-24)14-12-10-8-9-11-13-16-32-26-19-23(20-27-30-5)28-29(26)4/h6-7,17-20H,8-16H2,1-5H3/b7-6+,27-20+. The smallest absolute Gasteiger partial charge is 0.212 e. The van der Waals surface area contributed by atoms with Crippen LogP contribution in [0.4, 0.5) is 0 Å². The number of aryl methyl sites for hydroxylation is 3. The second-order valence-electron chi connectivity index (χ2n) is 8.08. The quantitative estimate of drug-likeness (QED) is 0.149. The normalized spacial score (nSPS) is 11.5. The van der Waals surface area contributed by atoms with Gasteiger partial charge in [-0.25, -0.2) is 4.68 Å². The van der Waals surface area contributed by atoms with Crippen molar-refractivity contribution in [3.63, 3.8) is 0 Å². The molecule has 176 valence electrons. The minimum Gasteiger partial charge on any atom is -0.490 e. The predicted molar refractivity (Wildman–Crippen MR) is 131 cm³/mol. The summed E-state index contributed by atoms with van der Waals surface area (Å²) in [6.45, 7) is 7.74. The van der Waals surface area contributed by atoms with Gasteiger partial charge in [0.2, 0.25) is 5.88 Å². The number of benzene rings is 1. The highest BCUT2D eigenvalue weighted by Gasteiger charge is 2.07. The molecule has 1 heterocycles. The first-order valence-corrected chi connectivity index (χ1v) is 11.6. The molecule has 0 N–H and O–H groups in total. The molecule has 0 radical (unpaired) electrons. The largest absolute Gasteiger partial charge is 0.490 e. The van der Waals surface area contributed by atoms with Crippen LogP contribution in [0.25, 0.3) is 0 Å². The van der Waals surface area contributed by atoms with Crippen molar-refractivity contribution < 1.29 is 14.3 Å². The summed E-state index contributed by atoms with van der Waals surface area (Å²) < 4.78 is 13.3. The van der Waals surface area contributed by atoms with Crippen LogP contribution in [0.3, 0.4) is 0 Å². The van der Waals surface area contributed by atoms with Gasteiger partial charge in [0.1, 0.15) is 25.2 Å². The molecule has 0 saturated heterocycles. The average Bonchev–Trinajstić information content (AvgIpc) is 3.12. The molecule has 2 aromatic rings. The predicted octanol–water partition coefficient (Wildman–Crippen LogP) is 5.93. The Kier molecular flexibility index (Phi) is 11.4. The van der Waals surface area contributed by atoms with Crippen LogP contribution >= 0.6 is 0 Å². The number of oxime groups is 1. The van der Waals surface area contributed by atoms with Gasteiger partial charge in [0.15, 0.2) is 0 Å². The lowest BCUT2D eigenvalue weighted by atomic mass is 9.96. The summed E-state index contributed by atoms with van der Waals surface area (Å²) in [6, 6.07) is 6.20. The number of aromatic nitrogens is 2. The van der Waals surface area contributed by atoms with Crippen LogP contribution < -0.4 is 9.47 Å². The van der Waals surface area contributed by atoms with Gasteiger partial charge in [0.05, 0.1) is 12.8 Å². The van der Waals surface area contributed by atoms with Crippen molar-refractivity contribution in [2.45, 2.75) is 65.7 Å². The Balaban J connectivity index is 1.59. The zero-order valence-corrected chi connectivity index (χ0v) is 20.4. The highest BCUT2D eigenvalue weighted by molar-refractivity contribution is 5.76. The summed E-state index contributed by atoms with van der Waals surface area (Å²) in [7, 11) is 3.38. The van der Waals surface area contributed by atoms with Crippen molar-refractivity contribution >= 4 is 6.21 Å². The van der Waals surface area contributed by atoms with Gasteiger partial charge in [0, 0.05) is 13.1 Å². The molecule has 0 atom stereocenters. The first-order chi connectivity index (χ1) is 15.5. The van der Waals surface area contributed by atoms with Crippen LogP contribution in [0.1, 0.15) is 67.8 Å². The van der Waals surface area contributed by atoms with Crippen LogP contribution in [0.5, 0.6) is 11.6 Å². The van der Waals surface area contributed by atoms with E-state index in [9.17, 15) is 0 Å². The number of hydrogen-bond acceptors (Lipinski definition) is 5. The third-order valence-electron chi connectivity index (χ3n) is 5.47. The second-order valence-corrected chi connectivity index (χ2v) is 8.08. The molecule has 0 bridgehead atoms. The lowest BCUT2D eigenvalue weighted by Crippen LogP contribution is -2.02. The summed E-state index contributed by atoms with van der Waals surface area (Å²) >= 11 is 0. The lowest BCUT2D eigenvalue weighted by molar-refractivity contribution is 0.215. The van der Waals surface area contributed by atoms with E-state index in [2.05, 4.69) is 41.1 Å². The molecule has 0 aliphatic rings. The SMILES string of the molecule is C/C=C/COc1cc(C)c(CCCCCCCCOc2cc(/C=N/OC)nn2C)c(C)c1. The van der Waals surface area contributed by atoms with Crippen LogP contribution in [-0.2, 0) is 18.3 Å². The highest BCUT2D eigenvalue weighted by Crippen LogP contribution is 2.24. The molecule has 6 heteroatoms. The fourth-order valence-corrected chi connectivity index (χ4v) is 3.74. The third kappa shape index (κ3) is 8.77. The Morgan fingerprint density at radius 1 is 0.969 bits per heavy atom. The molecule has 1 aromatic heterocycles. The summed E-state index contributed by atoms with van der Waals surface area (Å²) in [5.41, 5.74) is 4.88. The number of unbranched alkanes of at least 4 members (excludes halogenated alkanes) is 5. The third-order valence-corrected chi connectivity index (χ3v) is 5.47. The minimum atomic E-state index is 0.631. The summed E-state index contributed by atoms with van der Waals surface area (Å²) in [5.74, 6) is 1.72. The molecule has 0 saturated carbocycles. The Morgan fingerprint density at radius 3 is 2.34 bits per heavy atom. The van der Waals surface area contributed by atoms with E-state index in [0.29, 0.717) is 13.2 Å². The second kappa shape index (κ2) is 14.3. The van der Waals surface area contributed by atoms with E-state index >= 15 is 0 Å². The molecule has 2 rings (SSSR count). The van der Waals surface area contributed by atoms with E-state index < -0.39 is 0 Å². The van der Waals surface area contributed by atoms with Crippen molar-refractivity contribution in [3.05, 3.63) is 52.7 Å². The van der Waals surface area contributed by atoms with Gasteiger partial charge in [-0.15, -0.1) is 0 Å². The van der Waals surface area contributed by atoms with Crippen LogP contribution in [-0.4, -0.2) is 36.3 Å². The van der Waals surface area contributed by atoms with E-state index in [-0.39, 0.29) is 0 Å². The number of nitrogens with zero attached hydrogens (tertiary/aromatic N) is 3. The average molecular weight is 442 g/mol. The Hall–Kier alpha value is -2.76. The van der Waals surface area contributed by atoms with E-state index in [1.54, 1.807) is 10.9 Å². The maximum atomic E-state index is 5.83. The van der Waals surface area contributed by atoms with E-state index in [1.807, 2.05) is 32.2 Å². The molecule has 6 nitrogen and oxygen atoms in total. The monoisotopic (exact) mass is 441 g/mol. The Labute approximate surface area is 193 Å². The van der Waals surface area contributed by atoms with Gasteiger partial charge < -0.3 is 14.3 Å². The van der Waals surface area contributed by atoms with Crippen molar-refractivity contribution in [2.75, 3.05) is 20.3 Å². The molecule has 0 fully saturated rings. The zero-order valence-electron chi connectivity index (χ0n) is 20.4. The van der Waals surface area contributed by atoms with Crippen LogP contribution in [0.2, 0.25) is 0 Å². The molecule has 0 aliphatic carbocycles. The zero-order chi connectivity index (χ0) is 23.2. The Bertz CT molecular complexity index is 848. The molecule has 0 spiro atoms. The maximum absolute atomic E-state index is 5.83. The summed E-state index contributed by atoms with van der Waals surface area (Å²) in [5, 5.41) is 8.03. The van der Waals surface area contributed by atoms with E-state index in [4.69, 9.17) is 9.47 Å². The van der Waals surface area contributed by atoms with Crippen molar-refractivity contribution in [1.29, 1.82) is 0 Å². The number of ether oxygens (including phenoxy) is 2.